The van der Waals surface area contributed by atoms with Crippen LogP contribution in [0.4, 0.5) is 0 Å². The molecule has 0 aliphatic carbocycles. The molecule has 0 aromatic heterocycles. The molecule has 1 N–H and O–H groups in total. The molecular weight excluding hydrogens is 338 g/mol. The highest BCUT2D eigenvalue weighted by molar-refractivity contribution is 9.10. The third-order valence-electron chi connectivity index (χ3n) is 2.93. The Labute approximate surface area is 130 Å². The standard InChI is InChI=1S/C13H14BrN5O2/c14-10-6-9(7-12-13(10)21-5-4-20-12)11(8-15)17-2-1-3-18-19-16/h6-7,11,17H,1-5H2. The number of nitriles is 1. The summed E-state index contributed by atoms with van der Waals surface area (Å²) in [6, 6.07) is 5.42. The normalized spacial score (nSPS) is 13.9. The van der Waals surface area contributed by atoms with Gasteiger partial charge in [-0.15, -0.1) is 0 Å². The molecule has 1 aliphatic rings. The molecule has 7 nitrogen and oxygen atoms in total. The Bertz CT molecular complexity index is 595. The summed E-state index contributed by atoms with van der Waals surface area (Å²) >= 11 is 3.44. The average Bonchev–Trinajstić information content (AvgIpc) is 2.51. The summed E-state index contributed by atoms with van der Waals surface area (Å²) in [6.45, 7) is 2.01. The number of ether oxygens (including phenoxy) is 2. The van der Waals surface area contributed by atoms with E-state index in [4.69, 9.17) is 15.0 Å². The Morgan fingerprint density at radius 3 is 3.05 bits per heavy atom. The molecule has 0 radical (unpaired) electrons. The molecule has 1 aliphatic heterocycles. The zero-order valence-corrected chi connectivity index (χ0v) is 12.8. The molecular formula is C13H14BrN5O2. The third kappa shape index (κ3) is 4.02. The van der Waals surface area contributed by atoms with Gasteiger partial charge in [0.1, 0.15) is 19.3 Å². The van der Waals surface area contributed by atoms with Gasteiger partial charge in [0.05, 0.1) is 10.5 Å². The van der Waals surface area contributed by atoms with E-state index < -0.39 is 6.04 Å². The van der Waals surface area contributed by atoms with E-state index >= 15 is 0 Å². The van der Waals surface area contributed by atoms with E-state index in [2.05, 4.69) is 37.3 Å². The number of azide groups is 1. The van der Waals surface area contributed by atoms with Crippen LogP contribution in [0.3, 0.4) is 0 Å². The Kier molecular flexibility index (Phi) is 5.69. The summed E-state index contributed by atoms with van der Waals surface area (Å²) in [6.07, 6.45) is 0.675. The first-order chi connectivity index (χ1) is 10.3. The van der Waals surface area contributed by atoms with Crippen molar-refractivity contribution in [2.24, 2.45) is 5.11 Å². The zero-order chi connectivity index (χ0) is 15.1. The van der Waals surface area contributed by atoms with Crippen molar-refractivity contribution in [3.63, 3.8) is 0 Å². The maximum Gasteiger partial charge on any atom is 0.175 e. The monoisotopic (exact) mass is 351 g/mol. The number of nitrogens with zero attached hydrogens (tertiary/aromatic N) is 4. The van der Waals surface area contributed by atoms with Gasteiger partial charge in [0, 0.05) is 11.5 Å². The lowest BCUT2D eigenvalue weighted by Crippen LogP contribution is -2.22. The number of halogens is 1. The largest absolute Gasteiger partial charge is 0.486 e. The molecule has 0 saturated heterocycles. The van der Waals surface area contributed by atoms with Crippen LogP contribution < -0.4 is 14.8 Å². The molecule has 0 bridgehead atoms. The summed E-state index contributed by atoms with van der Waals surface area (Å²) < 4.78 is 11.8. The molecule has 0 spiro atoms. The highest BCUT2D eigenvalue weighted by atomic mass is 79.9. The molecule has 1 atom stereocenters. The molecule has 110 valence electrons. The van der Waals surface area contributed by atoms with Gasteiger partial charge >= 0.3 is 0 Å². The third-order valence-corrected chi connectivity index (χ3v) is 3.52. The second-order valence-electron chi connectivity index (χ2n) is 4.35. The maximum atomic E-state index is 9.30. The molecule has 1 aromatic rings. The molecule has 2 rings (SSSR count). The van der Waals surface area contributed by atoms with E-state index in [0.717, 1.165) is 10.0 Å². The van der Waals surface area contributed by atoms with E-state index in [1.165, 1.54) is 0 Å². The van der Waals surface area contributed by atoms with Crippen molar-refractivity contribution in [2.75, 3.05) is 26.3 Å². The number of nitrogens with one attached hydrogen (secondary N) is 1. The lowest BCUT2D eigenvalue weighted by atomic mass is 10.1. The summed E-state index contributed by atoms with van der Waals surface area (Å²) in [5.41, 5.74) is 9.00. The smallest absolute Gasteiger partial charge is 0.175 e. The lowest BCUT2D eigenvalue weighted by Gasteiger charge is -2.21. The molecule has 0 fully saturated rings. The maximum absolute atomic E-state index is 9.30. The fourth-order valence-corrected chi connectivity index (χ4v) is 2.55. The predicted octanol–water partition coefficient (Wildman–Crippen LogP) is 3.07. The molecule has 1 aromatic carbocycles. The fourth-order valence-electron chi connectivity index (χ4n) is 1.98. The first-order valence-electron chi connectivity index (χ1n) is 6.49. The van der Waals surface area contributed by atoms with Crippen LogP contribution in [0, 0.1) is 11.3 Å². The second-order valence-corrected chi connectivity index (χ2v) is 5.21. The van der Waals surface area contributed by atoms with Crippen LogP contribution in [-0.4, -0.2) is 26.3 Å². The average molecular weight is 352 g/mol. The van der Waals surface area contributed by atoms with Gasteiger partial charge in [-0.05, 0) is 52.1 Å². The van der Waals surface area contributed by atoms with Crippen molar-refractivity contribution in [1.29, 1.82) is 5.26 Å². The van der Waals surface area contributed by atoms with Gasteiger partial charge in [0.15, 0.2) is 11.5 Å². The van der Waals surface area contributed by atoms with Crippen molar-refractivity contribution in [2.45, 2.75) is 12.5 Å². The Hall–Kier alpha value is -1.94. The van der Waals surface area contributed by atoms with E-state index in [0.29, 0.717) is 44.2 Å². The van der Waals surface area contributed by atoms with Gasteiger partial charge in [-0.1, -0.05) is 5.11 Å². The quantitative estimate of drug-likeness (QED) is 0.368. The second kappa shape index (κ2) is 7.74. The molecule has 0 saturated carbocycles. The van der Waals surface area contributed by atoms with E-state index in [9.17, 15) is 5.26 Å². The molecule has 8 heteroatoms. The van der Waals surface area contributed by atoms with Crippen molar-refractivity contribution in [3.8, 4) is 17.6 Å². The number of hydrogen-bond donors (Lipinski definition) is 1. The van der Waals surface area contributed by atoms with Gasteiger partial charge in [-0.2, -0.15) is 5.26 Å². The Morgan fingerprint density at radius 1 is 1.48 bits per heavy atom. The van der Waals surface area contributed by atoms with Crippen molar-refractivity contribution < 1.29 is 9.47 Å². The minimum absolute atomic E-state index is 0.409. The van der Waals surface area contributed by atoms with Crippen LogP contribution in [0.2, 0.25) is 0 Å². The Balaban J connectivity index is 2.06. The van der Waals surface area contributed by atoms with E-state index in [-0.39, 0.29) is 0 Å². The van der Waals surface area contributed by atoms with Gasteiger partial charge in [-0.25, -0.2) is 0 Å². The van der Waals surface area contributed by atoms with Crippen LogP contribution in [0.15, 0.2) is 21.7 Å². The number of rotatable bonds is 6. The number of hydrogen-bond acceptors (Lipinski definition) is 5. The topological polar surface area (TPSA) is 103 Å². The van der Waals surface area contributed by atoms with Crippen LogP contribution in [-0.2, 0) is 0 Å². The van der Waals surface area contributed by atoms with Gasteiger partial charge < -0.3 is 9.47 Å². The molecule has 1 heterocycles. The Morgan fingerprint density at radius 2 is 2.29 bits per heavy atom. The van der Waals surface area contributed by atoms with Crippen molar-refractivity contribution >= 4 is 15.9 Å². The summed E-state index contributed by atoms with van der Waals surface area (Å²) in [7, 11) is 0. The van der Waals surface area contributed by atoms with E-state index in [1.54, 1.807) is 0 Å². The first-order valence-corrected chi connectivity index (χ1v) is 7.28. The van der Waals surface area contributed by atoms with Crippen LogP contribution in [0.5, 0.6) is 11.5 Å². The lowest BCUT2D eigenvalue weighted by molar-refractivity contribution is 0.170. The van der Waals surface area contributed by atoms with Gasteiger partial charge in [-0.3, -0.25) is 5.32 Å². The number of fused-ring (bicyclic) bond motifs is 1. The predicted molar refractivity (Wildman–Crippen MR) is 80.1 cm³/mol. The van der Waals surface area contributed by atoms with Crippen LogP contribution in [0.1, 0.15) is 18.0 Å². The SMILES string of the molecule is N#CC(NCCCN=[N+]=[N-])c1cc(Br)c2c(c1)OCCO2. The summed E-state index contributed by atoms with van der Waals surface area (Å²) in [4.78, 5) is 2.69. The molecule has 1 unspecified atom stereocenters. The summed E-state index contributed by atoms with van der Waals surface area (Å²) in [5, 5.41) is 15.9. The fraction of sp³-hybridized carbons (Fsp3) is 0.462. The minimum Gasteiger partial charge on any atom is -0.486 e. The summed E-state index contributed by atoms with van der Waals surface area (Å²) in [5.74, 6) is 1.31. The highest BCUT2D eigenvalue weighted by Gasteiger charge is 2.19. The highest BCUT2D eigenvalue weighted by Crippen LogP contribution is 2.39. The first kappa shape index (κ1) is 15.4. The molecule has 21 heavy (non-hydrogen) atoms. The number of benzene rings is 1. The van der Waals surface area contributed by atoms with Crippen LogP contribution in [0.25, 0.3) is 10.4 Å². The molecule has 0 amide bonds. The zero-order valence-electron chi connectivity index (χ0n) is 11.3. The van der Waals surface area contributed by atoms with Crippen LogP contribution >= 0.6 is 15.9 Å². The van der Waals surface area contributed by atoms with Gasteiger partial charge in [0.25, 0.3) is 0 Å². The van der Waals surface area contributed by atoms with E-state index in [1.807, 2.05) is 12.1 Å². The minimum atomic E-state index is -0.455. The van der Waals surface area contributed by atoms with Gasteiger partial charge in [0.2, 0.25) is 0 Å². The van der Waals surface area contributed by atoms with Crippen molar-refractivity contribution in [1.82, 2.24) is 5.32 Å². The van der Waals surface area contributed by atoms with Crippen molar-refractivity contribution in [3.05, 3.63) is 32.6 Å².